The van der Waals surface area contributed by atoms with E-state index < -0.39 is 0 Å². The number of pyridine rings is 1. The van der Waals surface area contributed by atoms with E-state index in [2.05, 4.69) is 10.3 Å². The summed E-state index contributed by atoms with van der Waals surface area (Å²) in [4.78, 5) is 32.8. The molecule has 6 nitrogen and oxygen atoms in total. The van der Waals surface area contributed by atoms with Gasteiger partial charge in [-0.15, -0.1) is 0 Å². The number of carbonyl (C=O) groups is 2. The van der Waals surface area contributed by atoms with E-state index in [-0.39, 0.29) is 17.7 Å². The SMILES string of the molecule is CN(C)c1cc(CNC(=O)c2ccccc2N(C)C(=O)C2CC2)ccn1. The molecule has 26 heavy (non-hydrogen) atoms. The van der Waals surface area contributed by atoms with Gasteiger partial charge in [0.15, 0.2) is 0 Å². The zero-order valence-electron chi connectivity index (χ0n) is 15.4. The second-order valence-corrected chi connectivity index (χ2v) is 6.79. The first kappa shape index (κ1) is 17.9. The van der Waals surface area contributed by atoms with E-state index in [0.29, 0.717) is 17.8 Å². The molecule has 1 aromatic carbocycles. The third-order valence-corrected chi connectivity index (χ3v) is 4.49. The number of rotatable bonds is 6. The predicted octanol–water partition coefficient (Wildman–Crippen LogP) is 2.45. The van der Waals surface area contributed by atoms with E-state index in [0.717, 1.165) is 24.2 Å². The molecular formula is C20H24N4O2. The predicted molar refractivity (Wildman–Crippen MR) is 102 cm³/mol. The lowest BCUT2D eigenvalue weighted by Gasteiger charge is -2.20. The second-order valence-electron chi connectivity index (χ2n) is 6.79. The molecule has 0 radical (unpaired) electrons. The highest BCUT2D eigenvalue weighted by Crippen LogP contribution is 2.33. The van der Waals surface area contributed by atoms with Crippen LogP contribution in [0.15, 0.2) is 42.6 Å². The van der Waals surface area contributed by atoms with Gasteiger partial charge in [-0.2, -0.15) is 0 Å². The van der Waals surface area contributed by atoms with Crippen LogP contribution in [0, 0.1) is 5.92 Å². The normalized spacial score (nSPS) is 13.2. The summed E-state index contributed by atoms with van der Waals surface area (Å²) in [6.45, 7) is 0.400. The lowest BCUT2D eigenvalue weighted by atomic mass is 10.1. The fourth-order valence-corrected chi connectivity index (χ4v) is 2.77. The summed E-state index contributed by atoms with van der Waals surface area (Å²) < 4.78 is 0. The van der Waals surface area contributed by atoms with Crippen LogP contribution >= 0.6 is 0 Å². The molecule has 0 aliphatic heterocycles. The molecule has 0 unspecified atom stereocenters. The van der Waals surface area contributed by atoms with Crippen LogP contribution in [-0.4, -0.2) is 37.9 Å². The summed E-state index contributed by atoms with van der Waals surface area (Å²) >= 11 is 0. The summed E-state index contributed by atoms with van der Waals surface area (Å²) in [7, 11) is 5.58. The van der Waals surface area contributed by atoms with Gasteiger partial charge in [-0.25, -0.2) is 4.98 Å². The molecule has 136 valence electrons. The number of nitrogens with zero attached hydrogens (tertiary/aromatic N) is 3. The van der Waals surface area contributed by atoms with E-state index in [1.165, 1.54) is 0 Å². The maximum absolute atomic E-state index is 12.7. The van der Waals surface area contributed by atoms with Crippen molar-refractivity contribution >= 4 is 23.3 Å². The number of benzene rings is 1. The number of para-hydroxylation sites is 1. The summed E-state index contributed by atoms with van der Waals surface area (Å²) in [6, 6.07) is 11.0. The molecule has 1 heterocycles. The van der Waals surface area contributed by atoms with Crippen LogP contribution in [-0.2, 0) is 11.3 Å². The van der Waals surface area contributed by atoms with Crippen LogP contribution in [0.3, 0.4) is 0 Å². The molecule has 0 spiro atoms. The number of amides is 2. The average Bonchev–Trinajstić information content (AvgIpc) is 3.50. The molecule has 6 heteroatoms. The highest BCUT2D eigenvalue weighted by atomic mass is 16.2. The summed E-state index contributed by atoms with van der Waals surface area (Å²) in [5.41, 5.74) is 2.12. The molecule has 1 aliphatic rings. The Hall–Kier alpha value is -2.89. The quantitative estimate of drug-likeness (QED) is 0.867. The van der Waals surface area contributed by atoms with Crippen LogP contribution in [0.5, 0.6) is 0 Å². The third-order valence-electron chi connectivity index (χ3n) is 4.49. The van der Waals surface area contributed by atoms with E-state index in [4.69, 9.17) is 0 Å². The van der Waals surface area contributed by atoms with Gasteiger partial charge in [0.2, 0.25) is 5.91 Å². The molecule has 1 aromatic heterocycles. The summed E-state index contributed by atoms with van der Waals surface area (Å²) in [5.74, 6) is 0.832. The fraction of sp³-hybridized carbons (Fsp3) is 0.350. The van der Waals surface area contributed by atoms with Gasteiger partial charge in [-0.05, 0) is 42.7 Å². The third kappa shape index (κ3) is 4.02. The van der Waals surface area contributed by atoms with Crippen LogP contribution in [0.1, 0.15) is 28.8 Å². The van der Waals surface area contributed by atoms with Gasteiger partial charge in [-0.1, -0.05) is 12.1 Å². The van der Waals surface area contributed by atoms with E-state index in [9.17, 15) is 9.59 Å². The number of anilines is 2. The molecule has 1 fully saturated rings. The number of hydrogen-bond donors (Lipinski definition) is 1. The van der Waals surface area contributed by atoms with Crippen molar-refractivity contribution in [2.45, 2.75) is 19.4 Å². The molecule has 0 bridgehead atoms. The Bertz CT molecular complexity index is 815. The minimum absolute atomic E-state index is 0.0787. The Labute approximate surface area is 153 Å². The van der Waals surface area contributed by atoms with Gasteiger partial charge in [0.1, 0.15) is 5.82 Å². The summed E-state index contributed by atoms with van der Waals surface area (Å²) in [6.07, 6.45) is 3.61. The van der Waals surface area contributed by atoms with Crippen LogP contribution in [0.2, 0.25) is 0 Å². The van der Waals surface area contributed by atoms with Gasteiger partial charge in [0.25, 0.3) is 5.91 Å². The second kappa shape index (κ2) is 7.56. The average molecular weight is 352 g/mol. The number of hydrogen-bond acceptors (Lipinski definition) is 4. The summed E-state index contributed by atoms with van der Waals surface area (Å²) in [5, 5.41) is 2.94. The van der Waals surface area contributed by atoms with Gasteiger partial charge in [-0.3, -0.25) is 9.59 Å². The molecule has 0 atom stereocenters. The first-order valence-electron chi connectivity index (χ1n) is 8.74. The Morgan fingerprint density at radius 1 is 1.15 bits per heavy atom. The Kier molecular flexibility index (Phi) is 5.21. The zero-order valence-corrected chi connectivity index (χ0v) is 15.4. The van der Waals surface area contributed by atoms with Crippen molar-refractivity contribution in [3.8, 4) is 0 Å². The molecule has 1 N–H and O–H groups in total. The highest BCUT2D eigenvalue weighted by molar-refractivity contribution is 6.05. The van der Waals surface area contributed by atoms with E-state index in [1.54, 1.807) is 24.2 Å². The van der Waals surface area contributed by atoms with E-state index in [1.807, 2.05) is 49.3 Å². The van der Waals surface area contributed by atoms with Crippen molar-refractivity contribution in [2.75, 3.05) is 30.9 Å². The Balaban J connectivity index is 1.72. The molecule has 1 aliphatic carbocycles. The largest absolute Gasteiger partial charge is 0.363 e. The Morgan fingerprint density at radius 3 is 2.58 bits per heavy atom. The van der Waals surface area contributed by atoms with Crippen LogP contribution < -0.4 is 15.1 Å². The van der Waals surface area contributed by atoms with Crippen molar-refractivity contribution in [3.63, 3.8) is 0 Å². The molecule has 2 amide bonds. The minimum Gasteiger partial charge on any atom is -0.363 e. The van der Waals surface area contributed by atoms with Crippen molar-refractivity contribution < 1.29 is 9.59 Å². The molecule has 3 rings (SSSR count). The first-order chi connectivity index (χ1) is 12.5. The Morgan fingerprint density at radius 2 is 1.88 bits per heavy atom. The van der Waals surface area contributed by atoms with Crippen LogP contribution in [0.25, 0.3) is 0 Å². The van der Waals surface area contributed by atoms with Crippen molar-refractivity contribution in [1.29, 1.82) is 0 Å². The zero-order chi connectivity index (χ0) is 18.7. The van der Waals surface area contributed by atoms with Gasteiger partial charge in [0, 0.05) is 39.8 Å². The fourth-order valence-electron chi connectivity index (χ4n) is 2.77. The number of nitrogens with one attached hydrogen (secondary N) is 1. The van der Waals surface area contributed by atoms with E-state index >= 15 is 0 Å². The maximum Gasteiger partial charge on any atom is 0.253 e. The van der Waals surface area contributed by atoms with Gasteiger partial charge >= 0.3 is 0 Å². The van der Waals surface area contributed by atoms with Crippen LogP contribution in [0.4, 0.5) is 11.5 Å². The minimum atomic E-state index is -0.195. The van der Waals surface area contributed by atoms with Gasteiger partial charge < -0.3 is 15.1 Å². The lowest BCUT2D eigenvalue weighted by molar-refractivity contribution is -0.119. The van der Waals surface area contributed by atoms with Crippen molar-refractivity contribution in [3.05, 3.63) is 53.7 Å². The first-order valence-corrected chi connectivity index (χ1v) is 8.74. The molecule has 2 aromatic rings. The van der Waals surface area contributed by atoms with Gasteiger partial charge in [0.05, 0.1) is 11.3 Å². The highest BCUT2D eigenvalue weighted by Gasteiger charge is 2.33. The van der Waals surface area contributed by atoms with Crippen molar-refractivity contribution in [1.82, 2.24) is 10.3 Å². The lowest BCUT2D eigenvalue weighted by Crippen LogP contribution is -2.31. The standard InChI is InChI=1S/C20H24N4O2/c1-23(2)18-12-14(10-11-21-18)13-22-19(25)16-6-4-5-7-17(16)24(3)20(26)15-8-9-15/h4-7,10-12,15H,8-9,13H2,1-3H3,(H,22,25). The van der Waals surface area contributed by atoms with Crippen molar-refractivity contribution in [2.24, 2.45) is 5.92 Å². The number of aromatic nitrogens is 1. The maximum atomic E-state index is 12.7. The number of carbonyl (C=O) groups excluding carboxylic acids is 2. The monoisotopic (exact) mass is 352 g/mol. The smallest absolute Gasteiger partial charge is 0.253 e. The molecule has 0 saturated heterocycles. The molecule has 1 saturated carbocycles. The molecular weight excluding hydrogens is 328 g/mol. The topological polar surface area (TPSA) is 65.5 Å².